The third kappa shape index (κ3) is 5.86. The molecular weight excluding hydrogens is 392 g/mol. The van der Waals surface area contributed by atoms with Crippen molar-refractivity contribution in [3.05, 3.63) is 77.7 Å². The molecule has 0 saturated heterocycles. The number of rotatable bonds is 8. The van der Waals surface area contributed by atoms with E-state index in [9.17, 15) is 13.2 Å². The van der Waals surface area contributed by atoms with Crippen LogP contribution in [0.5, 0.6) is 5.75 Å². The van der Waals surface area contributed by atoms with E-state index in [1.807, 2.05) is 19.9 Å². The molecule has 2 N–H and O–H groups in total. The molecule has 1 aromatic heterocycles. The number of carbonyl (C=O) groups excluding carboxylic acids is 1. The Balaban J connectivity index is 1.56. The molecule has 0 spiro atoms. The van der Waals surface area contributed by atoms with E-state index in [-0.39, 0.29) is 24.0 Å². The molecule has 3 aromatic rings. The normalized spacial score (nSPS) is 11.1. The average Bonchev–Trinajstić information content (AvgIpc) is 3.17. The maximum Gasteiger partial charge on any atom is 0.261 e. The molecule has 3 rings (SSSR count). The van der Waals surface area contributed by atoms with Gasteiger partial charge in [-0.15, -0.1) is 0 Å². The fourth-order valence-corrected chi connectivity index (χ4v) is 3.80. The Bertz CT molecular complexity index is 1050. The number of hydrogen-bond donors (Lipinski definition) is 2. The van der Waals surface area contributed by atoms with Gasteiger partial charge in [0.15, 0.2) is 6.61 Å². The van der Waals surface area contributed by atoms with Gasteiger partial charge in [-0.05, 0) is 73.5 Å². The van der Waals surface area contributed by atoms with E-state index in [0.29, 0.717) is 17.2 Å². The van der Waals surface area contributed by atoms with Crippen LogP contribution in [-0.4, -0.2) is 20.9 Å². The first kappa shape index (κ1) is 20.5. The topological polar surface area (TPSA) is 97.6 Å². The van der Waals surface area contributed by atoms with Crippen molar-refractivity contribution in [2.24, 2.45) is 0 Å². The van der Waals surface area contributed by atoms with E-state index in [2.05, 4.69) is 10.0 Å². The molecule has 0 aliphatic carbocycles. The third-order valence-corrected chi connectivity index (χ3v) is 5.41. The first-order valence-corrected chi connectivity index (χ1v) is 10.4. The van der Waals surface area contributed by atoms with Crippen LogP contribution in [0.2, 0.25) is 0 Å². The maximum atomic E-state index is 12.6. The van der Waals surface area contributed by atoms with Gasteiger partial charge in [0, 0.05) is 5.69 Å². The minimum absolute atomic E-state index is 0.103. The summed E-state index contributed by atoms with van der Waals surface area (Å²) < 4.78 is 38.2. The Kier molecular flexibility index (Phi) is 6.23. The molecule has 0 fully saturated rings. The molecular formula is C21H22N2O5S. The lowest BCUT2D eigenvalue weighted by molar-refractivity contribution is -0.123. The molecule has 7 nitrogen and oxygen atoms in total. The van der Waals surface area contributed by atoms with Crippen molar-refractivity contribution in [2.45, 2.75) is 25.3 Å². The third-order valence-electron chi connectivity index (χ3n) is 4.02. The second kappa shape index (κ2) is 8.83. The lowest BCUT2D eigenvalue weighted by Gasteiger charge is -2.11. The summed E-state index contributed by atoms with van der Waals surface area (Å²) in [6.45, 7) is 3.90. The van der Waals surface area contributed by atoms with Crippen molar-refractivity contribution in [3.8, 4) is 5.75 Å². The first-order chi connectivity index (χ1) is 13.8. The molecule has 152 valence electrons. The summed E-state index contributed by atoms with van der Waals surface area (Å²) in [6.07, 6.45) is 1.53. The van der Waals surface area contributed by atoms with Gasteiger partial charge < -0.3 is 14.5 Å². The number of ether oxygens (including phenoxy) is 1. The van der Waals surface area contributed by atoms with Crippen molar-refractivity contribution in [3.63, 3.8) is 0 Å². The number of carbonyl (C=O) groups is 1. The number of benzene rings is 2. The van der Waals surface area contributed by atoms with E-state index in [4.69, 9.17) is 9.15 Å². The molecule has 8 heteroatoms. The lowest BCUT2D eigenvalue weighted by Crippen LogP contribution is -2.28. The van der Waals surface area contributed by atoms with Gasteiger partial charge >= 0.3 is 0 Å². The van der Waals surface area contributed by atoms with Crippen LogP contribution in [0.25, 0.3) is 0 Å². The second-order valence-electron chi connectivity index (χ2n) is 6.60. The average molecular weight is 414 g/mol. The fourth-order valence-electron chi connectivity index (χ4n) is 2.76. The Morgan fingerprint density at radius 2 is 1.72 bits per heavy atom. The predicted molar refractivity (Wildman–Crippen MR) is 109 cm³/mol. The van der Waals surface area contributed by atoms with Crippen molar-refractivity contribution in [1.29, 1.82) is 0 Å². The standard InChI is InChI=1S/C21H22N2O5S/c1-15-10-16(2)12-17(11-15)23-29(25,26)20-7-5-18(6-8-20)28-14-21(24)22-13-19-4-3-9-27-19/h3-12,23H,13-14H2,1-2H3,(H,22,24). The number of amides is 1. The summed E-state index contributed by atoms with van der Waals surface area (Å²) >= 11 is 0. The van der Waals surface area contributed by atoms with Crippen molar-refractivity contribution >= 4 is 21.6 Å². The van der Waals surface area contributed by atoms with Gasteiger partial charge in [0.2, 0.25) is 0 Å². The fraction of sp³-hybridized carbons (Fsp3) is 0.190. The summed E-state index contributed by atoms with van der Waals surface area (Å²) in [6, 6.07) is 14.9. The van der Waals surface area contributed by atoms with Crippen LogP contribution >= 0.6 is 0 Å². The number of sulfonamides is 1. The monoisotopic (exact) mass is 414 g/mol. The molecule has 0 aliphatic heterocycles. The zero-order valence-electron chi connectivity index (χ0n) is 16.1. The molecule has 0 unspecified atom stereocenters. The Hall–Kier alpha value is -3.26. The Morgan fingerprint density at radius 3 is 2.34 bits per heavy atom. The quantitative estimate of drug-likeness (QED) is 0.589. The van der Waals surface area contributed by atoms with Gasteiger partial charge in [-0.3, -0.25) is 9.52 Å². The van der Waals surface area contributed by atoms with E-state index in [1.165, 1.54) is 30.5 Å². The molecule has 0 saturated carbocycles. The predicted octanol–water partition coefficient (Wildman–Crippen LogP) is 3.39. The van der Waals surface area contributed by atoms with Crippen LogP contribution in [0.15, 0.2) is 70.2 Å². The zero-order valence-corrected chi connectivity index (χ0v) is 17.0. The highest BCUT2D eigenvalue weighted by molar-refractivity contribution is 7.92. The molecule has 2 aromatic carbocycles. The van der Waals surface area contributed by atoms with Gasteiger partial charge in [-0.25, -0.2) is 8.42 Å². The van der Waals surface area contributed by atoms with Gasteiger partial charge in [0.05, 0.1) is 17.7 Å². The van der Waals surface area contributed by atoms with Gasteiger partial charge in [-0.2, -0.15) is 0 Å². The molecule has 0 aliphatic rings. The van der Waals surface area contributed by atoms with Crippen LogP contribution in [0, 0.1) is 13.8 Å². The number of aryl methyl sites for hydroxylation is 2. The Labute approximate surface area is 169 Å². The van der Waals surface area contributed by atoms with Gasteiger partial charge in [-0.1, -0.05) is 6.07 Å². The van der Waals surface area contributed by atoms with E-state index in [1.54, 1.807) is 24.3 Å². The van der Waals surface area contributed by atoms with Crippen LogP contribution in [0.4, 0.5) is 5.69 Å². The number of nitrogens with one attached hydrogen (secondary N) is 2. The molecule has 0 bridgehead atoms. The highest BCUT2D eigenvalue weighted by Crippen LogP contribution is 2.21. The molecule has 1 amide bonds. The SMILES string of the molecule is Cc1cc(C)cc(NS(=O)(=O)c2ccc(OCC(=O)NCc3ccco3)cc2)c1. The molecule has 0 atom stereocenters. The van der Waals surface area contributed by atoms with Crippen LogP contribution < -0.4 is 14.8 Å². The van der Waals surface area contributed by atoms with Gasteiger partial charge in [0.25, 0.3) is 15.9 Å². The molecule has 29 heavy (non-hydrogen) atoms. The van der Waals surface area contributed by atoms with Crippen molar-refractivity contribution in [2.75, 3.05) is 11.3 Å². The number of anilines is 1. The van der Waals surface area contributed by atoms with Crippen molar-refractivity contribution in [1.82, 2.24) is 5.32 Å². The summed E-state index contributed by atoms with van der Waals surface area (Å²) in [5, 5.41) is 2.66. The van der Waals surface area contributed by atoms with Crippen molar-refractivity contribution < 1.29 is 22.4 Å². The maximum absolute atomic E-state index is 12.6. The van der Waals surface area contributed by atoms with E-state index >= 15 is 0 Å². The van der Waals surface area contributed by atoms with E-state index < -0.39 is 10.0 Å². The summed E-state index contributed by atoms with van der Waals surface area (Å²) in [5.41, 5.74) is 2.45. The highest BCUT2D eigenvalue weighted by Gasteiger charge is 2.15. The van der Waals surface area contributed by atoms with Crippen LogP contribution in [-0.2, 0) is 21.4 Å². The minimum atomic E-state index is -3.72. The highest BCUT2D eigenvalue weighted by atomic mass is 32.2. The minimum Gasteiger partial charge on any atom is -0.484 e. The molecule has 1 heterocycles. The largest absolute Gasteiger partial charge is 0.484 e. The molecule has 0 radical (unpaired) electrons. The van der Waals surface area contributed by atoms with E-state index in [0.717, 1.165) is 11.1 Å². The summed E-state index contributed by atoms with van der Waals surface area (Å²) in [5.74, 6) is 0.724. The lowest BCUT2D eigenvalue weighted by atomic mass is 10.1. The summed E-state index contributed by atoms with van der Waals surface area (Å²) in [4.78, 5) is 11.9. The number of furan rings is 1. The smallest absolute Gasteiger partial charge is 0.261 e. The second-order valence-corrected chi connectivity index (χ2v) is 8.28. The number of hydrogen-bond acceptors (Lipinski definition) is 5. The van der Waals surface area contributed by atoms with Crippen LogP contribution in [0.3, 0.4) is 0 Å². The Morgan fingerprint density at radius 1 is 1.03 bits per heavy atom. The van der Waals surface area contributed by atoms with Crippen LogP contribution in [0.1, 0.15) is 16.9 Å². The zero-order chi connectivity index (χ0) is 20.9. The van der Waals surface area contributed by atoms with Gasteiger partial charge in [0.1, 0.15) is 11.5 Å². The first-order valence-electron chi connectivity index (χ1n) is 8.95. The summed E-state index contributed by atoms with van der Waals surface area (Å²) in [7, 11) is -3.72.